The molecule has 0 fully saturated rings. The summed E-state index contributed by atoms with van der Waals surface area (Å²) in [6.45, 7) is 1.66. The van der Waals surface area contributed by atoms with Crippen molar-refractivity contribution in [2.24, 2.45) is 0 Å². The van der Waals surface area contributed by atoms with Crippen LogP contribution in [0.15, 0.2) is 24.5 Å². The number of rotatable bonds is 2. The Hall–Kier alpha value is -3.01. The second-order valence-electron chi connectivity index (χ2n) is 4.38. The van der Waals surface area contributed by atoms with Gasteiger partial charge in [-0.15, -0.1) is 0 Å². The van der Waals surface area contributed by atoms with Crippen molar-refractivity contribution in [2.75, 3.05) is 6.61 Å². The van der Waals surface area contributed by atoms with Crippen molar-refractivity contribution in [2.45, 2.75) is 6.92 Å². The van der Waals surface area contributed by atoms with E-state index in [1.165, 1.54) is 12.4 Å². The zero-order chi connectivity index (χ0) is 15.5. The molecule has 0 bridgehead atoms. The minimum atomic E-state index is -0.767. The quantitative estimate of drug-likeness (QED) is 0.738. The van der Waals surface area contributed by atoms with Crippen LogP contribution in [0.25, 0.3) is 11.2 Å². The van der Waals surface area contributed by atoms with Crippen LogP contribution < -0.4 is 4.74 Å². The fourth-order valence-electron chi connectivity index (χ4n) is 1.85. The fraction of sp³-hybridized carbons (Fsp3) is 0.133. The minimum Gasteiger partial charge on any atom is -0.475 e. The van der Waals surface area contributed by atoms with Crippen LogP contribution in [0.4, 0.5) is 8.78 Å². The van der Waals surface area contributed by atoms with Crippen LogP contribution in [0.2, 0.25) is 0 Å². The summed E-state index contributed by atoms with van der Waals surface area (Å²) in [7, 11) is 0. The lowest BCUT2D eigenvalue weighted by Gasteiger charge is -2.03. The third-order valence-electron chi connectivity index (χ3n) is 2.89. The Balaban J connectivity index is 1.74. The molecule has 2 aromatic heterocycles. The van der Waals surface area contributed by atoms with Gasteiger partial charge in [0.1, 0.15) is 18.5 Å². The second kappa shape index (κ2) is 5.77. The molecule has 0 radical (unpaired) electrons. The Kier molecular flexibility index (Phi) is 3.66. The Morgan fingerprint density at radius 2 is 2.00 bits per heavy atom. The molecule has 22 heavy (non-hydrogen) atoms. The number of aromatic nitrogens is 4. The molecule has 1 aromatic carbocycles. The number of para-hydroxylation sites is 1. The molecule has 0 saturated carbocycles. The highest BCUT2D eigenvalue weighted by Crippen LogP contribution is 2.20. The second-order valence-corrected chi connectivity index (χ2v) is 4.38. The lowest BCUT2D eigenvalue weighted by Crippen LogP contribution is -1.99. The van der Waals surface area contributed by atoms with E-state index in [0.717, 1.165) is 17.8 Å². The molecule has 0 aliphatic heterocycles. The molecule has 0 atom stereocenters. The number of nitrogens with zero attached hydrogens (tertiary/aromatic N) is 3. The first-order valence-electron chi connectivity index (χ1n) is 6.38. The molecule has 3 rings (SSSR count). The normalized spacial score (nSPS) is 10.3. The van der Waals surface area contributed by atoms with Crippen LogP contribution in [0.1, 0.15) is 11.5 Å². The summed E-state index contributed by atoms with van der Waals surface area (Å²) in [4.78, 5) is 15.2. The summed E-state index contributed by atoms with van der Waals surface area (Å²) in [5.74, 6) is 3.76. The topological polar surface area (TPSA) is 63.7 Å². The van der Waals surface area contributed by atoms with E-state index in [9.17, 15) is 8.78 Å². The summed E-state index contributed by atoms with van der Waals surface area (Å²) in [5.41, 5.74) is 1.97. The number of nitrogens with one attached hydrogen (secondary N) is 1. The molecule has 110 valence electrons. The number of aryl methyl sites for hydroxylation is 1. The van der Waals surface area contributed by atoms with E-state index in [2.05, 4.69) is 31.8 Å². The Morgan fingerprint density at radius 1 is 1.23 bits per heavy atom. The van der Waals surface area contributed by atoms with Gasteiger partial charge in [-0.05, 0) is 25.0 Å². The first-order valence-corrected chi connectivity index (χ1v) is 6.38. The number of hydrogen-bond donors (Lipinski definition) is 1. The number of halogens is 2. The van der Waals surface area contributed by atoms with E-state index in [1.54, 1.807) is 0 Å². The van der Waals surface area contributed by atoms with Crippen molar-refractivity contribution in [3.05, 3.63) is 47.7 Å². The molecular weight excluding hydrogens is 290 g/mol. The Bertz CT molecular complexity index is 875. The minimum absolute atomic E-state index is 0.167. The highest BCUT2D eigenvalue weighted by atomic mass is 19.1. The highest BCUT2D eigenvalue weighted by molar-refractivity contribution is 5.73. The van der Waals surface area contributed by atoms with Crippen LogP contribution in [-0.2, 0) is 0 Å². The van der Waals surface area contributed by atoms with Gasteiger partial charge in [-0.3, -0.25) is 0 Å². The number of benzene rings is 1. The largest absolute Gasteiger partial charge is 0.475 e. The van der Waals surface area contributed by atoms with E-state index in [-0.39, 0.29) is 6.61 Å². The maximum atomic E-state index is 13.3. The summed E-state index contributed by atoms with van der Waals surface area (Å²) in [5, 5.41) is 0. The summed E-state index contributed by atoms with van der Waals surface area (Å²) in [6, 6.07) is 3.50. The zero-order valence-corrected chi connectivity index (χ0v) is 11.5. The number of hydrogen-bond acceptors (Lipinski definition) is 4. The molecule has 0 unspecified atom stereocenters. The summed E-state index contributed by atoms with van der Waals surface area (Å²) < 4.78 is 31.7. The molecule has 3 aromatic rings. The lowest BCUT2D eigenvalue weighted by atomic mass is 10.3. The SMILES string of the molecule is Cc1ncnc2nc(C#CCOc3c(F)cccc3F)[nH]c12. The lowest BCUT2D eigenvalue weighted by molar-refractivity contribution is 0.326. The van der Waals surface area contributed by atoms with Gasteiger partial charge in [-0.1, -0.05) is 12.0 Å². The standard InChI is InChI=1S/C15H10F2N4O/c1-9-13-15(19-8-18-9)21-12(20-13)6-3-7-22-14-10(16)4-2-5-11(14)17/h2,4-5,8H,7H2,1H3,(H,18,19,20,21). The molecule has 0 amide bonds. The number of aromatic amines is 1. The van der Waals surface area contributed by atoms with E-state index in [1.807, 2.05) is 6.92 Å². The third-order valence-corrected chi connectivity index (χ3v) is 2.89. The number of H-pyrrole nitrogens is 1. The van der Waals surface area contributed by atoms with E-state index < -0.39 is 17.4 Å². The molecule has 0 aliphatic carbocycles. The molecular formula is C15H10F2N4O. The predicted octanol–water partition coefficient (Wildman–Crippen LogP) is 2.37. The van der Waals surface area contributed by atoms with Gasteiger partial charge in [0.25, 0.3) is 0 Å². The molecule has 7 heteroatoms. The van der Waals surface area contributed by atoms with Gasteiger partial charge < -0.3 is 9.72 Å². The smallest absolute Gasteiger partial charge is 0.191 e. The molecule has 5 nitrogen and oxygen atoms in total. The van der Waals surface area contributed by atoms with Gasteiger partial charge in [0, 0.05) is 0 Å². The maximum absolute atomic E-state index is 13.3. The van der Waals surface area contributed by atoms with Crippen molar-refractivity contribution >= 4 is 11.2 Å². The van der Waals surface area contributed by atoms with Gasteiger partial charge in [-0.25, -0.2) is 23.7 Å². The van der Waals surface area contributed by atoms with Crippen LogP contribution in [0.3, 0.4) is 0 Å². The van der Waals surface area contributed by atoms with E-state index in [0.29, 0.717) is 17.0 Å². The summed E-state index contributed by atoms with van der Waals surface area (Å²) >= 11 is 0. The van der Waals surface area contributed by atoms with Crippen LogP contribution in [0.5, 0.6) is 5.75 Å². The van der Waals surface area contributed by atoms with Crippen molar-refractivity contribution in [1.29, 1.82) is 0 Å². The van der Waals surface area contributed by atoms with Crippen molar-refractivity contribution in [3.8, 4) is 17.6 Å². The molecule has 1 N–H and O–H groups in total. The Morgan fingerprint density at radius 3 is 2.73 bits per heavy atom. The third kappa shape index (κ3) is 2.72. The van der Waals surface area contributed by atoms with E-state index >= 15 is 0 Å². The van der Waals surface area contributed by atoms with Gasteiger partial charge >= 0.3 is 0 Å². The van der Waals surface area contributed by atoms with E-state index in [4.69, 9.17) is 4.74 Å². The molecule has 2 heterocycles. The first-order chi connectivity index (χ1) is 10.6. The van der Waals surface area contributed by atoms with Crippen LogP contribution in [0, 0.1) is 30.4 Å². The zero-order valence-electron chi connectivity index (χ0n) is 11.5. The summed E-state index contributed by atoms with van der Waals surface area (Å²) in [6.07, 6.45) is 1.42. The average Bonchev–Trinajstić information content (AvgIpc) is 2.90. The van der Waals surface area contributed by atoms with Crippen molar-refractivity contribution in [1.82, 2.24) is 19.9 Å². The monoisotopic (exact) mass is 300 g/mol. The molecule has 0 aliphatic rings. The number of imidazole rings is 1. The first kappa shape index (κ1) is 13.9. The van der Waals surface area contributed by atoms with Gasteiger partial charge in [0.05, 0.1) is 5.69 Å². The van der Waals surface area contributed by atoms with Gasteiger partial charge in [0.15, 0.2) is 28.9 Å². The maximum Gasteiger partial charge on any atom is 0.191 e. The van der Waals surface area contributed by atoms with Crippen LogP contribution >= 0.6 is 0 Å². The number of ether oxygens (including phenoxy) is 1. The van der Waals surface area contributed by atoms with Gasteiger partial charge in [0.2, 0.25) is 0 Å². The van der Waals surface area contributed by atoms with Crippen LogP contribution in [-0.4, -0.2) is 26.5 Å². The predicted molar refractivity (Wildman–Crippen MR) is 75.2 cm³/mol. The van der Waals surface area contributed by atoms with Gasteiger partial charge in [-0.2, -0.15) is 0 Å². The average molecular weight is 300 g/mol. The number of fused-ring (bicyclic) bond motifs is 1. The van der Waals surface area contributed by atoms with Crippen molar-refractivity contribution < 1.29 is 13.5 Å². The molecule has 0 spiro atoms. The molecule has 0 saturated heterocycles. The Labute approximate surface area is 124 Å². The highest BCUT2D eigenvalue weighted by Gasteiger charge is 2.08. The van der Waals surface area contributed by atoms with Crippen molar-refractivity contribution in [3.63, 3.8) is 0 Å². The fourth-order valence-corrected chi connectivity index (χ4v) is 1.85.